The highest BCUT2D eigenvalue weighted by Crippen LogP contribution is 1.93. The summed E-state index contributed by atoms with van der Waals surface area (Å²) in [6, 6.07) is 0.736. The fourth-order valence-electron chi connectivity index (χ4n) is 1.28. The van der Waals surface area contributed by atoms with Crippen LogP contribution in [0.15, 0.2) is 12.2 Å². The highest BCUT2D eigenvalue weighted by atomic mass is 16.1. The number of carbonyl (C=O) groups is 1. The van der Waals surface area contributed by atoms with E-state index in [1.165, 1.54) is 19.0 Å². The van der Waals surface area contributed by atoms with E-state index >= 15 is 0 Å². The van der Waals surface area contributed by atoms with Gasteiger partial charge < -0.3 is 21.3 Å². The van der Waals surface area contributed by atoms with E-state index in [4.69, 9.17) is 5.73 Å². The van der Waals surface area contributed by atoms with Crippen molar-refractivity contribution in [1.82, 2.24) is 15.5 Å². The molecule has 0 bridgehead atoms. The zero-order chi connectivity index (χ0) is 14.4. The van der Waals surface area contributed by atoms with Crippen LogP contribution in [0.2, 0.25) is 0 Å². The summed E-state index contributed by atoms with van der Waals surface area (Å²) >= 11 is 0. The number of hydrogen-bond donors (Lipinski definition) is 3. The molecule has 1 rings (SSSR count). The first-order valence-electron chi connectivity index (χ1n) is 5.88. The van der Waals surface area contributed by atoms with E-state index < -0.39 is 5.91 Å². The Balaban J connectivity index is 0. The Bertz CT molecular complexity index is 243. The van der Waals surface area contributed by atoms with Crippen LogP contribution in [0, 0.1) is 12.8 Å². The minimum atomic E-state index is -0.392. The molecule has 0 aromatic carbocycles. The molecule has 4 N–H and O–H groups in total. The standard InChI is InChI=1S/C6H12N2O.C5H12N2.C2H2/c1-8(2)5-3-4-6(7)9;1-6-5-2-3-7-4-5;1-2/h3-4H,5H2,1-2H3,(H2,7,9);5-7H,2-4H2,1H3;1-2H/b4-3+;;/t;5-;/m.0./s1. The minimum Gasteiger partial charge on any atom is -0.366 e. The molecule has 0 unspecified atom stereocenters. The summed E-state index contributed by atoms with van der Waals surface area (Å²) in [4.78, 5) is 12.0. The molecule has 0 aromatic rings. The molecule has 1 amide bonds. The number of hydrogen-bond acceptors (Lipinski definition) is 4. The Morgan fingerprint density at radius 3 is 2.44 bits per heavy atom. The molecule has 1 saturated heterocycles. The molecule has 1 aliphatic heterocycles. The average Bonchev–Trinajstić information content (AvgIpc) is 2.84. The summed E-state index contributed by atoms with van der Waals surface area (Å²) in [6.07, 6.45) is 12.4. The van der Waals surface area contributed by atoms with Crippen LogP contribution in [0.3, 0.4) is 0 Å². The number of nitrogens with two attached hydrogens (primary N) is 1. The van der Waals surface area contributed by atoms with E-state index in [9.17, 15) is 4.79 Å². The lowest BCUT2D eigenvalue weighted by atomic mass is 10.3. The maximum atomic E-state index is 10.1. The van der Waals surface area contributed by atoms with Crippen molar-refractivity contribution in [2.45, 2.75) is 12.5 Å². The van der Waals surface area contributed by atoms with Gasteiger partial charge in [0.25, 0.3) is 0 Å². The zero-order valence-electron chi connectivity index (χ0n) is 11.6. The number of rotatable bonds is 4. The molecule has 0 aliphatic carbocycles. The molecule has 0 saturated carbocycles. The zero-order valence-corrected chi connectivity index (χ0v) is 11.6. The first-order chi connectivity index (χ1) is 8.56. The van der Waals surface area contributed by atoms with Crippen LogP contribution >= 0.6 is 0 Å². The quantitative estimate of drug-likeness (QED) is 0.463. The van der Waals surface area contributed by atoms with Crippen molar-refractivity contribution in [1.29, 1.82) is 0 Å². The van der Waals surface area contributed by atoms with Crippen LogP contribution in [-0.2, 0) is 4.79 Å². The van der Waals surface area contributed by atoms with Gasteiger partial charge in [-0.05, 0) is 40.2 Å². The first-order valence-corrected chi connectivity index (χ1v) is 5.88. The van der Waals surface area contributed by atoms with E-state index in [2.05, 4.69) is 23.5 Å². The van der Waals surface area contributed by atoms with Crippen LogP contribution in [0.4, 0.5) is 0 Å². The Kier molecular flexibility index (Phi) is 14.5. The van der Waals surface area contributed by atoms with Crippen LogP contribution < -0.4 is 16.4 Å². The Hall–Kier alpha value is -1.35. The second kappa shape index (κ2) is 13.7. The molecular weight excluding hydrogens is 228 g/mol. The number of nitrogens with one attached hydrogen (secondary N) is 2. The Morgan fingerprint density at radius 2 is 2.17 bits per heavy atom. The summed E-state index contributed by atoms with van der Waals surface area (Å²) in [7, 11) is 5.86. The lowest BCUT2D eigenvalue weighted by Crippen LogP contribution is -2.26. The number of likely N-dealkylation sites (N-methyl/N-ethyl adjacent to an activating group) is 2. The van der Waals surface area contributed by atoms with Gasteiger partial charge in [0.1, 0.15) is 0 Å². The van der Waals surface area contributed by atoms with Gasteiger partial charge in [0, 0.05) is 19.1 Å². The molecule has 0 spiro atoms. The van der Waals surface area contributed by atoms with Crippen LogP contribution in [0.1, 0.15) is 6.42 Å². The minimum absolute atomic E-state index is 0.392. The second-order valence-electron chi connectivity index (χ2n) is 4.05. The number of carbonyl (C=O) groups excluding carboxylic acids is 1. The van der Waals surface area contributed by atoms with Gasteiger partial charge in [-0.2, -0.15) is 0 Å². The SMILES string of the molecule is C#C.CN(C)C/C=C/C(N)=O.CN[C@H]1CCNC1. The van der Waals surface area contributed by atoms with Gasteiger partial charge >= 0.3 is 0 Å². The van der Waals surface area contributed by atoms with Crippen molar-refractivity contribution in [3.63, 3.8) is 0 Å². The molecule has 18 heavy (non-hydrogen) atoms. The van der Waals surface area contributed by atoms with E-state index in [-0.39, 0.29) is 0 Å². The topological polar surface area (TPSA) is 70.4 Å². The molecule has 1 atom stereocenters. The molecule has 5 heteroatoms. The third-order valence-electron chi connectivity index (χ3n) is 2.22. The van der Waals surface area contributed by atoms with Crippen molar-refractivity contribution < 1.29 is 4.79 Å². The Labute approximate surface area is 111 Å². The predicted molar refractivity (Wildman–Crippen MR) is 77.1 cm³/mol. The van der Waals surface area contributed by atoms with E-state index in [1.807, 2.05) is 26.0 Å². The van der Waals surface area contributed by atoms with Gasteiger partial charge in [0.2, 0.25) is 5.91 Å². The smallest absolute Gasteiger partial charge is 0.241 e. The normalized spacial score (nSPS) is 17.8. The van der Waals surface area contributed by atoms with Crippen molar-refractivity contribution in [3.05, 3.63) is 12.2 Å². The van der Waals surface area contributed by atoms with Crippen LogP contribution in [0.25, 0.3) is 0 Å². The summed E-state index contributed by atoms with van der Waals surface area (Å²) in [5.41, 5.74) is 4.83. The largest absolute Gasteiger partial charge is 0.366 e. The summed E-state index contributed by atoms with van der Waals surface area (Å²) in [5.74, 6) is -0.392. The molecule has 1 fully saturated rings. The number of amides is 1. The maximum Gasteiger partial charge on any atom is 0.241 e. The van der Waals surface area contributed by atoms with Gasteiger partial charge in [-0.3, -0.25) is 4.79 Å². The van der Waals surface area contributed by atoms with Gasteiger partial charge in [-0.25, -0.2) is 0 Å². The molecule has 1 heterocycles. The maximum absolute atomic E-state index is 10.1. The highest BCUT2D eigenvalue weighted by Gasteiger charge is 2.09. The van der Waals surface area contributed by atoms with Crippen molar-refractivity contribution in [3.8, 4) is 12.8 Å². The number of terminal acetylenes is 1. The molecule has 0 aromatic heterocycles. The van der Waals surface area contributed by atoms with Crippen LogP contribution in [-0.4, -0.2) is 57.6 Å². The lowest BCUT2D eigenvalue weighted by Gasteiger charge is -2.02. The fraction of sp³-hybridized carbons (Fsp3) is 0.615. The van der Waals surface area contributed by atoms with Gasteiger partial charge in [0.15, 0.2) is 0 Å². The summed E-state index contributed by atoms with van der Waals surface area (Å²) in [5, 5.41) is 6.46. The van der Waals surface area contributed by atoms with E-state index in [0.717, 1.165) is 19.1 Å². The second-order valence-corrected chi connectivity index (χ2v) is 4.05. The summed E-state index contributed by atoms with van der Waals surface area (Å²) in [6.45, 7) is 3.09. The fourth-order valence-corrected chi connectivity index (χ4v) is 1.28. The van der Waals surface area contributed by atoms with Crippen LogP contribution in [0.5, 0.6) is 0 Å². The lowest BCUT2D eigenvalue weighted by molar-refractivity contribution is -0.113. The third kappa shape index (κ3) is 14.6. The highest BCUT2D eigenvalue weighted by molar-refractivity contribution is 5.85. The Morgan fingerprint density at radius 1 is 1.56 bits per heavy atom. The molecular formula is C13H26N4O. The molecule has 1 aliphatic rings. The summed E-state index contributed by atoms with van der Waals surface area (Å²) < 4.78 is 0. The number of primary amides is 1. The first kappa shape index (κ1) is 19.0. The van der Waals surface area contributed by atoms with Crippen molar-refractivity contribution in [2.24, 2.45) is 5.73 Å². The molecule has 5 nitrogen and oxygen atoms in total. The van der Waals surface area contributed by atoms with Crippen molar-refractivity contribution in [2.75, 3.05) is 40.8 Å². The van der Waals surface area contributed by atoms with Gasteiger partial charge in [-0.15, -0.1) is 12.8 Å². The number of nitrogens with zero attached hydrogens (tertiary/aromatic N) is 1. The monoisotopic (exact) mass is 254 g/mol. The van der Waals surface area contributed by atoms with E-state index in [0.29, 0.717) is 0 Å². The third-order valence-corrected chi connectivity index (χ3v) is 2.22. The predicted octanol–water partition coefficient (Wildman–Crippen LogP) is -0.593. The average molecular weight is 254 g/mol. The van der Waals surface area contributed by atoms with Gasteiger partial charge in [0.05, 0.1) is 0 Å². The van der Waals surface area contributed by atoms with Crippen molar-refractivity contribution >= 4 is 5.91 Å². The van der Waals surface area contributed by atoms with E-state index in [1.54, 1.807) is 6.08 Å². The molecule has 104 valence electrons. The van der Waals surface area contributed by atoms with Gasteiger partial charge in [-0.1, -0.05) is 6.08 Å². The molecule has 0 radical (unpaired) electrons.